The van der Waals surface area contributed by atoms with Crippen LogP contribution in [-0.2, 0) is 0 Å². The molecular formula is C21H25ClN4O3. The number of methoxy groups -OCH3 is 1. The largest absolute Gasteiger partial charge is 0.493 e. The van der Waals surface area contributed by atoms with Gasteiger partial charge < -0.3 is 19.9 Å². The van der Waals surface area contributed by atoms with E-state index in [2.05, 4.69) is 12.2 Å². The molecule has 8 heteroatoms. The number of rotatable bonds is 3. The molecule has 0 spiro atoms. The van der Waals surface area contributed by atoms with Crippen LogP contribution < -0.4 is 10.1 Å². The number of nitrogens with zero attached hydrogens (tertiary/aromatic N) is 3. The molecule has 1 fully saturated rings. The summed E-state index contributed by atoms with van der Waals surface area (Å²) in [7, 11) is 1.65. The van der Waals surface area contributed by atoms with E-state index < -0.39 is 5.66 Å². The third-order valence-corrected chi connectivity index (χ3v) is 5.66. The molecule has 0 bridgehead atoms. The van der Waals surface area contributed by atoms with Gasteiger partial charge in [-0.2, -0.15) is 0 Å². The molecule has 0 aliphatic carbocycles. The summed E-state index contributed by atoms with van der Waals surface area (Å²) < 4.78 is 11.4. The number of allylic oxidation sites excluding steroid dienone is 1. The van der Waals surface area contributed by atoms with Gasteiger partial charge in [-0.1, -0.05) is 12.1 Å². The van der Waals surface area contributed by atoms with Gasteiger partial charge in [0, 0.05) is 11.3 Å². The summed E-state index contributed by atoms with van der Waals surface area (Å²) in [6.07, 6.45) is 6.06. The van der Waals surface area contributed by atoms with Crippen LogP contribution in [0.15, 0.2) is 49.7 Å². The summed E-state index contributed by atoms with van der Waals surface area (Å²) in [5, 5.41) is 4.41. The zero-order valence-corrected chi connectivity index (χ0v) is 17.3. The van der Waals surface area contributed by atoms with Gasteiger partial charge in [0.05, 0.1) is 19.0 Å². The highest BCUT2D eigenvalue weighted by atomic mass is 35.5. The van der Waals surface area contributed by atoms with E-state index in [0.717, 1.165) is 65.5 Å². The Morgan fingerprint density at radius 3 is 2.76 bits per heavy atom. The predicted octanol–water partition coefficient (Wildman–Crippen LogP) is 3.08. The number of ether oxygens (including phenoxy) is 1. The first-order valence-corrected chi connectivity index (χ1v) is 9.40. The van der Waals surface area contributed by atoms with E-state index >= 15 is 0 Å². The fourth-order valence-corrected chi connectivity index (χ4v) is 4.09. The first kappa shape index (κ1) is 21.2. The average molecular weight is 417 g/mol. The van der Waals surface area contributed by atoms with Crippen LogP contribution in [0.4, 0.5) is 0 Å². The number of aliphatic imine (C=N–C) groups is 3. The lowest BCUT2D eigenvalue weighted by Gasteiger charge is -2.35. The van der Waals surface area contributed by atoms with Gasteiger partial charge in [-0.25, -0.2) is 4.99 Å². The molecule has 154 valence electrons. The van der Waals surface area contributed by atoms with E-state index in [1.807, 2.05) is 36.6 Å². The van der Waals surface area contributed by atoms with E-state index in [-0.39, 0.29) is 17.9 Å². The zero-order chi connectivity index (χ0) is 18.4. The molecule has 0 amide bonds. The molecule has 0 radical (unpaired) electrons. The van der Waals surface area contributed by atoms with Gasteiger partial charge in [0.1, 0.15) is 11.4 Å². The van der Waals surface area contributed by atoms with Crippen molar-refractivity contribution in [2.75, 3.05) is 20.2 Å². The summed E-state index contributed by atoms with van der Waals surface area (Å²) in [6.45, 7) is 4.19. The standard InChI is InChI=1S/C21H22N4O2.ClH.H2O/c1-21(14-6-8-22-9-7-14)23-12-17-15(25-21)11-16(24-17)19-10-13-4-3-5-18(26-2)20(13)27-19;;/h3-5,10-12,14,22H,6-9H2,1-2H3;1H;1H2. The fraction of sp³-hybridized carbons (Fsp3) is 0.381. The van der Waals surface area contributed by atoms with Crippen molar-refractivity contribution >= 4 is 46.7 Å². The van der Waals surface area contributed by atoms with Gasteiger partial charge in [-0.05, 0) is 51.1 Å². The molecule has 2 aromatic rings. The quantitative estimate of drug-likeness (QED) is 0.831. The number of para-hydroxylation sites is 1. The predicted molar refractivity (Wildman–Crippen MR) is 119 cm³/mol. The molecule has 1 aromatic heterocycles. The molecule has 3 aliphatic rings. The van der Waals surface area contributed by atoms with Crippen LogP contribution in [0.1, 0.15) is 25.5 Å². The van der Waals surface area contributed by atoms with Crippen molar-refractivity contribution in [3.05, 3.63) is 36.1 Å². The Kier molecular flexibility index (Phi) is 5.93. The number of fused-ring (bicyclic) bond motifs is 2. The zero-order valence-electron chi connectivity index (χ0n) is 16.4. The SMILES string of the molecule is COc1cccc2cc(C3=CC4=NC(C)(C5CCNCC5)N=CC4=N3)oc12.Cl.O. The van der Waals surface area contributed by atoms with Crippen LogP contribution in [-0.4, -0.2) is 49.0 Å². The topological polar surface area (TPSA) is 103 Å². The Bertz CT molecular complexity index is 1030. The molecular weight excluding hydrogens is 392 g/mol. The van der Waals surface area contributed by atoms with Crippen molar-refractivity contribution in [2.24, 2.45) is 20.9 Å². The van der Waals surface area contributed by atoms with Crippen molar-refractivity contribution in [1.29, 1.82) is 0 Å². The van der Waals surface area contributed by atoms with E-state index in [1.165, 1.54) is 0 Å². The van der Waals surface area contributed by atoms with Gasteiger partial charge in [-0.15, -0.1) is 12.4 Å². The Labute approximate surface area is 175 Å². The monoisotopic (exact) mass is 416 g/mol. The number of furan rings is 1. The minimum absolute atomic E-state index is 0. The molecule has 29 heavy (non-hydrogen) atoms. The summed E-state index contributed by atoms with van der Waals surface area (Å²) in [6, 6.07) is 7.85. The molecule has 3 N–H and O–H groups in total. The molecule has 7 nitrogen and oxygen atoms in total. The van der Waals surface area contributed by atoms with Gasteiger partial charge in [0.2, 0.25) is 0 Å². The number of benzene rings is 1. The lowest BCUT2D eigenvalue weighted by Crippen LogP contribution is -2.42. The third kappa shape index (κ3) is 3.61. The Morgan fingerprint density at radius 1 is 1.21 bits per heavy atom. The molecule has 0 saturated carbocycles. The summed E-state index contributed by atoms with van der Waals surface area (Å²) >= 11 is 0. The number of nitrogens with one attached hydrogen (secondary N) is 1. The maximum Gasteiger partial charge on any atom is 0.176 e. The van der Waals surface area contributed by atoms with Gasteiger partial charge in [0.15, 0.2) is 22.8 Å². The van der Waals surface area contributed by atoms with Crippen LogP contribution >= 0.6 is 12.4 Å². The Hall–Kier alpha value is -2.48. The van der Waals surface area contributed by atoms with E-state index in [0.29, 0.717) is 5.92 Å². The van der Waals surface area contributed by atoms with Crippen LogP contribution in [0.25, 0.3) is 16.7 Å². The summed E-state index contributed by atoms with van der Waals surface area (Å²) in [4.78, 5) is 14.4. The molecule has 4 heterocycles. The molecule has 1 aromatic carbocycles. The second-order valence-corrected chi connectivity index (χ2v) is 7.39. The maximum atomic E-state index is 6.04. The first-order valence-electron chi connectivity index (χ1n) is 9.40. The lowest BCUT2D eigenvalue weighted by molar-refractivity contribution is 0.244. The normalized spacial score (nSPS) is 23.4. The van der Waals surface area contributed by atoms with Gasteiger partial charge >= 0.3 is 0 Å². The minimum atomic E-state index is -0.403. The van der Waals surface area contributed by atoms with Crippen LogP contribution in [0.3, 0.4) is 0 Å². The first-order chi connectivity index (χ1) is 13.2. The van der Waals surface area contributed by atoms with Crippen molar-refractivity contribution in [3.63, 3.8) is 0 Å². The summed E-state index contributed by atoms with van der Waals surface area (Å²) in [5.74, 6) is 1.90. The highest BCUT2D eigenvalue weighted by Gasteiger charge is 2.37. The van der Waals surface area contributed by atoms with Crippen molar-refractivity contribution in [1.82, 2.24) is 5.32 Å². The Morgan fingerprint density at radius 2 is 2.00 bits per heavy atom. The highest BCUT2D eigenvalue weighted by Crippen LogP contribution is 2.36. The molecule has 1 saturated heterocycles. The second kappa shape index (κ2) is 8.10. The van der Waals surface area contributed by atoms with E-state index in [9.17, 15) is 0 Å². The van der Waals surface area contributed by atoms with Gasteiger partial charge in [-0.3, -0.25) is 9.98 Å². The number of hydrogen-bond acceptors (Lipinski definition) is 6. The second-order valence-electron chi connectivity index (χ2n) is 7.39. The van der Waals surface area contributed by atoms with Gasteiger partial charge in [0.25, 0.3) is 0 Å². The molecule has 5 rings (SSSR count). The summed E-state index contributed by atoms with van der Waals surface area (Å²) in [5.41, 5.74) is 2.82. The minimum Gasteiger partial charge on any atom is -0.493 e. The molecule has 1 atom stereocenters. The third-order valence-electron chi connectivity index (χ3n) is 5.66. The number of halogens is 1. The molecule has 3 aliphatic heterocycles. The smallest absolute Gasteiger partial charge is 0.176 e. The van der Waals surface area contributed by atoms with Crippen molar-refractivity contribution < 1.29 is 14.6 Å². The highest BCUT2D eigenvalue weighted by molar-refractivity contribution is 6.68. The molecule has 1 unspecified atom stereocenters. The van der Waals surface area contributed by atoms with Crippen LogP contribution in [0.2, 0.25) is 0 Å². The average Bonchev–Trinajstić information content (AvgIpc) is 3.31. The van der Waals surface area contributed by atoms with Crippen LogP contribution in [0, 0.1) is 5.92 Å². The van der Waals surface area contributed by atoms with Crippen molar-refractivity contribution in [3.8, 4) is 5.75 Å². The van der Waals surface area contributed by atoms with E-state index in [1.54, 1.807) is 7.11 Å². The number of piperidine rings is 1. The maximum absolute atomic E-state index is 6.04. The lowest BCUT2D eigenvalue weighted by atomic mass is 9.85. The van der Waals surface area contributed by atoms with Crippen LogP contribution in [0.5, 0.6) is 5.75 Å². The van der Waals surface area contributed by atoms with E-state index in [4.69, 9.17) is 24.1 Å². The fourth-order valence-electron chi connectivity index (χ4n) is 4.09. The van der Waals surface area contributed by atoms with Crippen molar-refractivity contribution in [2.45, 2.75) is 25.4 Å². The number of hydrogen-bond donors (Lipinski definition) is 1. The Balaban J connectivity index is 0.00000120.